The SMILES string of the molecule is CC1CCN(C(=O)c2ccc3c(c2)c2c(n3S(=O)(=O)C3=CC4CC4C=CC3)CCN(C3CCOCC3)C2)CC1. The Morgan fingerprint density at radius 2 is 1.82 bits per heavy atom. The van der Waals surface area contributed by atoms with E-state index in [1.807, 2.05) is 35.3 Å². The quantitative estimate of drug-likeness (QED) is 0.517. The molecule has 2 aromatic rings. The molecule has 2 aliphatic carbocycles. The van der Waals surface area contributed by atoms with Crippen LogP contribution >= 0.6 is 0 Å². The van der Waals surface area contributed by atoms with Crippen molar-refractivity contribution in [2.75, 3.05) is 32.8 Å². The highest BCUT2D eigenvalue weighted by molar-refractivity contribution is 7.94. The van der Waals surface area contributed by atoms with Crippen molar-refractivity contribution in [2.45, 2.75) is 64.5 Å². The van der Waals surface area contributed by atoms with Gasteiger partial charge in [-0.1, -0.05) is 25.2 Å². The van der Waals surface area contributed by atoms with Gasteiger partial charge in [0, 0.05) is 74.9 Å². The van der Waals surface area contributed by atoms with Crippen molar-refractivity contribution in [2.24, 2.45) is 17.8 Å². The average molecular weight is 550 g/mol. The fourth-order valence-electron chi connectivity index (χ4n) is 7.13. The zero-order valence-electron chi connectivity index (χ0n) is 22.8. The first-order valence-electron chi connectivity index (χ1n) is 14.8. The standard InChI is InChI=1S/C31H39N3O4S/c1-21-7-12-32(13-8-21)31(35)23-5-6-29-27(19-23)28-20-33(25-10-15-38-16-11-25)14-9-30(28)34(29)39(36,37)26-4-2-3-22-17-24(22)18-26/h2-3,5-6,18-19,21-22,24-25H,4,7-17,20H2,1H3. The van der Waals surface area contributed by atoms with Gasteiger partial charge in [-0.05, 0) is 73.6 Å². The van der Waals surface area contributed by atoms with E-state index in [0.29, 0.717) is 59.2 Å². The molecule has 3 aliphatic heterocycles. The van der Waals surface area contributed by atoms with Crippen LogP contribution in [0.2, 0.25) is 0 Å². The normalized spacial score (nSPS) is 26.7. The molecule has 8 heteroatoms. The number of hydrogen-bond donors (Lipinski definition) is 0. The largest absolute Gasteiger partial charge is 0.381 e. The first kappa shape index (κ1) is 25.5. The highest BCUT2D eigenvalue weighted by Gasteiger charge is 2.38. The zero-order chi connectivity index (χ0) is 26.7. The lowest BCUT2D eigenvalue weighted by molar-refractivity contribution is 0.0290. The van der Waals surface area contributed by atoms with Gasteiger partial charge in [0.25, 0.3) is 15.9 Å². The lowest BCUT2D eigenvalue weighted by Crippen LogP contribution is -2.42. The third-order valence-electron chi connectivity index (χ3n) is 9.72. The summed E-state index contributed by atoms with van der Waals surface area (Å²) in [6, 6.07) is 6.15. The molecule has 0 N–H and O–H groups in total. The van der Waals surface area contributed by atoms with E-state index in [2.05, 4.69) is 17.9 Å². The van der Waals surface area contributed by atoms with Crippen molar-refractivity contribution in [1.82, 2.24) is 13.8 Å². The number of aromatic nitrogens is 1. The van der Waals surface area contributed by atoms with Crippen molar-refractivity contribution < 1.29 is 17.9 Å². The van der Waals surface area contributed by atoms with Gasteiger partial charge in [-0.2, -0.15) is 0 Å². The number of ether oxygens (including phenoxy) is 1. The third-order valence-corrected chi connectivity index (χ3v) is 11.6. The maximum absolute atomic E-state index is 14.3. The minimum atomic E-state index is -3.73. The Kier molecular flexibility index (Phi) is 6.48. The first-order valence-corrected chi connectivity index (χ1v) is 16.2. The van der Waals surface area contributed by atoms with Gasteiger partial charge in [-0.3, -0.25) is 9.69 Å². The molecule has 0 bridgehead atoms. The molecule has 5 aliphatic rings. The van der Waals surface area contributed by atoms with Crippen molar-refractivity contribution in [3.05, 3.63) is 58.2 Å². The fraction of sp³-hybridized carbons (Fsp3) is 0.581. The number of likely N-dealkylation sites (tertiary alicyclic amines) is 1. The summed E-state index contributed by atoms with van der Waals surface area (Å²) in [6.45, 7) is 6.92. The molecule has 39 heavy (non-hydrogen) atoms. The number of allylic oxidation sites excluding steroid dienone is 4. The molecule has 3 fully saturated rings. The van der Waals surface area contributed by atoms with E-state index < -0.39 is 10.0 Å². The topological polar surface area (TPSA) is 71.9 Å². The van der Waals surface area contributed by atoms with Gasteiger partial charge >= 0.3 is 0 Å². The Hall–Kier alpha value is -2.42. The van der Waals surface area contributed by atoms with E-state index in [-0.39, 0.29) is 5.91 Å². The van der Waals surface area contributed by atoms with Gasteiger partial charge in [0.05, 0.1) is 10.4 Å². The third kappa shape index (κ3) is 4.58. The minimum absolute atomic E-state index is 0.0571. The number of nitrogens with zero attached hydrogens (tertiary/aromatic N) is 3. The number of benzene rings is 1. The van der Waals surface area contributed by atoms with Gasteiger partial charge in [0.1, 0.15) is 0 Å². The summed E-state index contributed by atoms with van der Waals surface area (Å²) in [6.07, 6.45) is 12.5. The van der Waals surface area contributed by atoms with Gasteiger partial charge in [-0.15, -0.1) is 0 Å². The summed E-state index contributed by atoms with van der Waals surface area (Å²) in [5, 5.41) is 0.913. The Labute approximate surface area is 231 Å². The summed E-state index contributed by atoms with van der Waals surface area (Å²) in [4.78, 5) is 18.5. The molecule has 1 saturated carbocycles. The molecule has 0 spiro atoms. The van der Waals surface area contributed by atoms with Crippen LogP contribution in [0.3, 0.4) is 0 Å². The van der Waals surface area contributed by atoms with Crippen LogP contribution in [0, 0.1) is 17.8 Å². The fourth-order valence-corrected chi connectivity index (χ4v) is 8.92. The Morgan fingerprint density at radius 3 is 2.62 bits per heavy atom. The van der Waals surface area contributed by atoms with Gasteiger partial charge in [-0.25, -0.2) is 12.4 Å². The molecule has 2 saturated heterocycles. The second kappa shape index (κ2) is 9.89. The Bertz CT molecular complexity index is 1460. The number of hydrogen-bond acceptors (Lipinski definition) is 5. The van der Waals surface area contributed by atoms with E-state index in [9.17, 15) is 13.2 Å². The smallest absolute Gasteiger partial charge is 0.264 e. The molecule has 0 radical (unpaired) electrons. The molecule has 7 nitrogen and oxygen atoms in total. The van der Waals surface area contributed by atoms with Gasteiger partial charge in [0.2, 0.25) is 0 Å². The van der Waals surface area contributed by atoms with Crippen molar-refractivity contribution in [3.63, 3.8) is 0 Å². The van der Waals surface area contributed by atoms with Crippen LogP contribution < -0.4 is 0 Å². The molecule has 1 aromatic heterocycles. The summed E-state index contributed by atoms with van der Waals surface area (Å²) in [5.74, 6) is 1.54. The zero-order valence-corrected chi connectivity index (χ0v) is 23.7. The predicted molar refractivity (Wildman–Crippen MR) is 152 cm³/mol. The van der Waals surface area contributed by atoms with E-state index in [4.69, 9.17) is 4.74 Å². The monoisotopic (exact) mass is 549 g/mol. The van der Waals surface area contributed by atoms with Crippen LogP contribution in [0.5, 0.6) is 0 Å². The number of carbonyl (C=O) groups is 1. The van der Waals surface area contributed by atoms with Crippen molar-refractivity contribution >= 4 is 26.8 Å². The van der Waals surface area contributed by atoms with E-state index in [0.717, 1.165) is 81.6 Å². The number of rotatable bonds is 4. The first-order chi connectivity index (χ1) is 18.9. The molecule has 1 amide bonds. The lowest BCUT2D eigenvalue weighted by atomic mass is 9.97. The summed E-state index contributed by atoms with van der Waals surface area (Å²) >= 11 is 0. The molecule has 1 aromatic carbocycles. The predicted octanol–water partition coefficient (Wildman–Crippen LogP) is 4.71. The van der Waals surface area contributed by atoms with E-state index >= 15 is 0 Å². The van der Waals surface area contributed by atoms with Crippen LogP contribution in [-0.4, -0.2) is 67.0 Å². The molecular formula is C31H39N3O4S. The number of piperidine rings is 1. The molecule has 2 unspecified atom stereocenters. The van der Waals surface area contributed by atoms with Crippen molar-refractivity contribution in [3.8, 4) is 0 Å². The van der Waals surface area contributed by atoms with E-state index in [1.54, 1.807) is 3.97 Å². The summed E-state index contributed by atoms with van der Waals surface area (Å²) < 4.78 is 35.8. The van der Waals surface area contributed by atoms with Crippen LogP contribution in [0.15, 0.2) is 41.3 Å². The van der Waals surface area contributed by atoms with Crippen LogP contribution in [0.4, 0.5) is 0 Å². The second-order valence-corrected chi connectivity index (χ2v) is 14.1. The maximum atomic E-state index is 14.3. The van der Waals surface area contributed by atoms with Gasteiger partial charge in [0.15, 0.2) is 0 Å². The number of carbonyl (C=O) groups excluding carboxylic acids is 1. The Balaban J connectivity index is 1.31. The van der Waals surface area contributed by atoms with Crippen LogP contribution in [0.1, 0.15) is 67.1 Å². The molecule has 7 rings (SSSR count). The molecular weight excluding hydrogens is 510 g/mol. The average Bonchev–Trinajstić information content (AvgIpc) is 3.65. The summed E-state index contributed by atoms with van der Waals surface area (Å²) in [5.41, 5.74) is 3.34. The highest BCUT2D eigenvalue weighted by Crippen LogP contribution is 2.45. The minimum Gasteiger partial charge on any atom is -0.381 e. The molecule has 4 heterocycles. The lowest BCUT2D eigenvalue weighted by Gasteiger charge is -2.37. The van der Waals surface area contributed by atoms with E-state index in [1.165, 1.54) is 0 Å². The van der Waals surface area contributed by atoms with Gasteiger partial charge < -0.3 is 9.64 Å². The molecule has 2 atom stereocenters. The second-order valence-electron chi connectivity index (χ2n) is 12.3. The van der Waals surface area contributed by atoms with Crippen LogP contribution in [0.25, 0.3) is 10.9 Å². The number of fused-ring (bicyclic) bond motifs is 4. The molecule has 208 valence electrons. The van der Waals surface area contributed by atoms with Crippen LogP contribution in [-0.2, 0) is 27.7 Å². The Morgan fingerprint density at radius 1 is 1.03 bits per heavy atom. The van der Waals surface area contributed by atoms with Crippen molar-refractivity contribution in [1.29, 1.82) is 0 Å². The summed E-state index contributed by atoms with van der Waals surface area (Å²) in [7, 11) is -3.73. The number of amides is 1. The maximum Gasteiger partial charge on any atom is 0.264 e. The highest BCUT2D eigenvalue weighted by atomic mass is 32.2.